The fourth-order valence-corrected chi connectivity index (χ4v) is 6.27. The zero-order valence-corrected chi connectivity index (χ0v) is 23.0. The first-order valence-corrected chi connectivity index (χ1v) is 13.6. The van der Waals surface area contributed by atoms with Gasteiger partial charge in [0, 0.05) is 16.6 Å². The Bertz CT molecular complexity index is 1900. The van der Waals surface area contributed by atoms with Crippen LogP contribution in [0.5, 0.6) is 5.75 Å². The second-order valence-corrected chi connectivity index (χ2v) is 10.4. The molecule has 196 valence electrons. The number of nitrogens with zero attached hydrogens (tertiary/aromatic N) is 5. The molecule has 9 heteroatoms. The lowest BCUT2D eigenvalue weighted by atomic mass is 9.95. The van der Waals surface area contributed by atoms with Gasteiger partial charge in [-0.2, -0.15) is 5.10 Å². The van der Waals surface area contributed by atoms with Gasteiger partial charge < -0.3 is 10.5 Å². The standard InChI is InChI=1S/C30H28N6O2S/c1-5-22(21-14-24-35(18(3)15-39-24)30(37)25(21)19-9-7-6-8-10-19)36-29-26(28(31)32-16-33-29)27(34-36)20-11-12-23(38-4)17(2)13-20/h6-16,22H,5H2,1-4H3,(H2,31,32,33)/t22-/m0/s1. The van der Waals surface area contributed by atoms with Crippen LogP contribution < -0.4 is 16.0 Å². The van der Waals surface area contributed by atoms with Crippen LogP contribution in [0.25, 0.3) is 38.2 Å². The number of methoxy groups -OCH3 is 1. The number of fused-ring (bicyclic) bond motifs is 2. The average Bonchev–Trinajstić information content (AvgIpc) is 3.51. The SMILES string of the molecule is CC[C@@H](c1cc2scc(C)n2c(=O)c1-c1ccccc1)n1nc(-c2ccc(OC)c(C)c2)c2c(N)ncnc21. The summed E-state index contributed by atoms with van der Waals surface area (Å²) in [5.74, 6) is 1.16. The van der Waals surface area contributed by atoms with Crippen molar-refractivity contribution in [2.45, 2.75) is 33.2 Å². The van der Waals surface area contributed by atoms with E-state index in [0.717, 1.165) is 38.5 Å². The largest absolute Gasteiger partial charge is 0.496 e. The maximum atomic E-state index is 14.0. The highest BCUT2D eigenvalue weighted by Crippen LogP contribution is 2.38. The first-order valence-electron chi connectivity index (χ1n) is 12.8. The Hall–Kier alpha value is -4.50. The molecule has 4 aromatic heterocycles. The third-order valence-electron chi connectivity index (χ3n) is 7.20. The summed E-state index contributed by atoms with van der Waals surface area (Å²) < 4.78 is 9.15. The van der Waals surface area contributed by atoms with Gasteiger partial charge in [-0.3, -0.25) is 9.20 Å². The molecule has 6 rings (SSSR count). The highest BCUT2D eigenvalue weighted by Gasteiger charge is 2.27. The van der Waals surface area contributed by atoms with E-state index in [1.807, 2.05) is 72.4 Å². The van der Waals surface area contributed by atoms with Gasteiger partial charge in [-0.05, 0) is 61.2 Å². The van der Waals surface area contributed by atoms with Crippen LogP contribution in [0.4, 0.5) is 5.82 Å². The van der Waals surface area contributed by atoms with Crippen molar-refractivity contribution in [3.63, 3.8) is 0 Å². The molecule has 0 amide bonds. The third-order valence-corrected chi connectivity index (χ3v) is 8.20. The van der Waals surface area contributed by atoms with E-state index >= 15 is 0 Å². The Morgan fingerprint density at radius 2 is 1.85 bits per heavy atom. The number of pyridine rings is 1. The number of thiazole rings is 1. The molecule has 39 heavy (non-hydrogen) atoms. The van der Waals surface area contributed by atoms with E-state index < -0.39 is 0 Å². The Morgan fingerprint density at radius 3 is 2.56 bits per heavy atom. The fraction of sp³-hybridized carbons (Fsp3) is 0.200. The summed E-state index contributed by atoms with van der Waals surface area (Å²) in [7, 11) is 1.66. The number of nitrogens with two attached hydrogens (primary N) is 1. The molecule has 0 bridgehead atoms. The van der Waals surface area contributed by atoms with E-state index in [9.17, 15) is 4.79 Å². The van der Waals surface area contributed by atoms with Gasteiger partial charge in [-0.25, -0.2) is 14.6 Å². The van der Waals surface area contributed by atoms with E-state index in [1.54, 1.807) is 22.8 Å². The zero-order valence-electron chi connectivity index (χ0n) is 22.2. The highest BCUT2D eigenvalue weighted by molar-refractivity contribution is 7.15. The number of nitrogen functional groups attached to an aromatic ring is 1. The molecule has 8 nitrogen and oxygen atoms in total. The van der Waals surface area contributed by atoms with Gasteiger partial charge in [-0.15, -0.1) is 11.3 Å². The molecule has 0 unspecified atom stereocenters. The molecule has 4 heterocycles. The van der Waals surface area contributed by atoms with Crippen molar-refractivity contribution >= 4 is 33.0 Å². The van der Waals surface area contributed by atoms with Gasteiger partial charge in [0.05, 0.1) is 24.1 Å². The lowest BCUT2D eigenvalue weighted by Crippen LogP contribution is -2.22. The number of benzene rings is 2. The molecule has 0 aliphatic carbocycles. The summed E-state index contributed by atoms with van der Waals surface area (Å²) in [4.78, 5) is 23.8. The summed E-state index contributed by atoms with van der Waals surface area (Å²) in [6.45, 7) is 6.05. The maximum Gasteiger partial charge on any atom is 0.264 e. The van der Waals surface area contributed by atoms with Crippen LogP contribution in [0.1, 0.15) is 36.2 Å². The molecule has 2 N–H and O–H groups in total. The predicted molar refractivity (Wildman–Crippen MR) is 157 cm³/mol. The highest BCUT2D eigenvalue weighted by atomic mass is 32.1. The van der Waals surface area contributed by atoms with Crippen LogP contribution in [0.15, 0.2) is 71.1 Å². The topological polar surface area (TPSA) is 100 Å². The van der Waals surface area contributed by atoms with Crippen LogP contribution in [0, 0.1) is 13.8 Å². The number of hydrogen-bond acceptors (Lipinski definition) is 7. The number of ether oxygens (including phenoxy) is 1. The molecule has 0 spiro atoms. The number of hydrogen-bond donors (Lipinski definition) is 1. The normalized spacial score (nSPS) is 12.3. The van der Waals surface area contributed by atoms with E-state index in [-0.39, 0.29) is 11.6 Å². The molecule has 0 fully saturated rings. The summed E-state index contributed by atoms with van der Waals surface area (Å²) in [6.07, 6.45) is 2.14. The lowest BCUT2D eigenvalue weighted by molar-refractivity contribution is 0.412. The Balaban J connectivity index is 1.65. The molecule has 0 radical (unpaired) electrons. The first-order chi connectivity index (χ1) is 18.9. The first kappa shape index (κ1) is 24.8. The Kier molecular flexibility index (Phi) is 6.15. The fourth-order valence-electron chi connectivity index (χ4n) is 5.35. The average molecular weight is 537 g/mol. The summed E-state index contributed by atoms with van der Waals surface area (Å²) >= 11 is 1.56. The van der Waals surface area contributed by atoms with Crippen LogP contribution >= 0.6 is 11.3 Å². The van der Waals surface area contributed by atoms with Crippen molar-refractivity contribution < 1.29 is 4.74 Å². The minimum absolute atomic E-state index is 0.0393. The van der Waals surface area contributed by atoms with Crippen LogP contribution in [-0.4, -0.2) is 31.3 Å². The van der Waals surface area contributed by atoms with Gasteiger partial charge in [-0.1, -0.05) is 37.3 Å². The Morgan fingerprint density at radius 1 is 1.05 bits per heavy atom. The van der Waals surface area contributed by atoms with Gasteiger partial charge in [0.1, 0.15) is 28.4 Å². The second kappa shape index (κ2) is 9.67. The molecular weight excluding hydrogens is 508 g/mol. The van der Waals surface area contributed by atoms with Crippen molar-refractivity contribution in [2.24, 2.45) is 0 Å². The molecule has 0 saturated heterocycles. The van der Waals surface area contributed by atoms with Crippen molar-refractivity contribution in [3.8, 4) is 28.1 Å². The second-order valence-electron chi connectivity index (χ2n) is 9.56. The molecule has 0 saturated carbocycles. The third kappa shape index (κ3) is 3.97. The van der Waals surface area contributed by atoms with Crippen LogP contribution in [-0.2, 0) is 0 Å². The number of aryl methyl sites for hydroxylation is 2. The van der Waals surface area contributed by atoms with E-state index in [2.05, 4.69) is 23.0 Å². The predicted octanol–water partition coefficient (Wildman–Crippen LogP) is 6.04. The van der Waals surface area contributed by atoms with Crippen LogP contribution in [0.2, 0.25) is 0 Å². The number of anilines is 1. The number of rotatable bonds is 6. The molecule has 0 aliphatic heterocycles. The number of aromatic nitrogens is 5. The minimum atomic E-state index is -0.273. The van der Waals surface area contributed by atoms with Gasteiger partial charge in [0.2, 0.25) is 0 Å². The molecule has 1 atom stereocenters. The van der Waals surface area contributed by atoms with Gasteiger partial charge in [0.25, 0.3) is 5.56 Å². The molecular formula is C30H28N6O2S. The minimum Gasteiger partial charge on any atom is -0.496 e. The van der Waals surface area contributed by atoms with Crippen molar-refractivity contribution in [2.75, 3.05) is 12.8 Å². The van der Waals surface area contributed by atoms with Crippen LogP contribution in [0.3, 0.4) is 0 Å². The zero-order chi connectivity index (χ0) is 27.3. The van der Waals surface area contributed by atoms with E-state index in [0.29, 0.717) is 34.5 Å². The molecule has 0 aliphatic rings. The maximum absolute atomic E-state index is 14.0. The quantitative estimate of drug-likeness (QED) is 0.278. The van der Waals surface area contributed by atoms with Gasteiger partial charge in [0.15, 0.2) is 5.65 Å². The lowest BCUT2D eigenvalue weighted by Gasteiger charge is -2.21. The Labute approximate surface area is 229 Å². The summed E-state index contributed by atoms with van der Waals surface area (Å²) in [6, 6.07) is 17.6. The van der Waals surface area contributed by atoms with Crippen molar-refractivity contribution in [1.82, 2.24) is 24.1 Å². The molecule has 6 aromatic rings. The molecule has 2 aromatic carbocycles. The van der Waals surface area contributed by atoms with E-state index in [1.165, 1.54) is 6.33 Å². The smallest absolute Gasteiger partial charge is 0.264 e. The van der Waals surface area contributed by atoms with Crippen molar-refractivity contribution in [3.05, 3.63) is 93.5 Å². The monoisotopic (exact) mass is 536 g/mol. The van der Waals surface area contributed by atoms with Crippen molar-refractivity contribution in [1.29, 1.82) is 0 Å². The van der Waals surface area contributed by atoms with E-state index in [4.69, 9.17) is 15.6 Å². The summed E-state index contributed by atoms with van der Waals surface area (Å²) in [5, 5.41) is 7.80. The summed E-state index contributed by atoms with van der Waals surface area (Å²) in [5.41, 5.74) is 12.9. The van der Waals surface area contributed by atoms with Gasteiger partial charge >= 0.3 is 0 Å².